The number of halogens is 1. The van der Waals surface area contributed by atoms with Gasteiger partial charge in [-0.1, -0.05) is 17.7 Å². The molecule has 4 bridgehead atoms. The van der Waals surface area contributed by atoms with E-state index in [1.54, 1.807) is 47.1 Å². The van der Waals surface area contributed by atoms with Gasteiger partial charge in [-0.25, -0.2) is 8.42 Å². The molecule has 3 aliphatic rings. The smallest absolute Gasteiger partial charge is 0.316 e. The number of rotatable bonds is 1. The van der Waals surface area contributed by atoms with Gasteiger partial charge in [-0.05, 0) is 60.4 Å². The first-order valence-electron chi connectivity index (χ1n) is 12.6. The molecule has 0 radical (unpaired) electrons. The maximum Gasteiger partial charge on any atom is 0.316 e. The van der Waals surface area contributed by atoms with E-state index in [0.29, 0.717) is 53.6 Å². The van der Waals surface area contributed by atoms with Crippen LogP contribution in [0.4, 0.5) is 5.69 Å². The van der Waals surface area contributed by atoms with Crippen LogP contribution in [-0.2, 0) is 22.2 Å². The van der Waals surface area contributed by atoms with Crippen LogP contribution in [0.1, 0.15) is 23.2 Å². The van der Waals surface area contributed by atoms with E-state index in [-0.39, 0.29) is 31.2 Å². The molecular formula is C27H25ClN6O4S. The van der Waals surface area contributed by atoms with Crippen LogP contribution in [0, 0.1) is 11.3 Å². The fourth-order valence-electron chi connectivity index (χ4n) is 5.21. The first-order valence-corrected chi connectivity index (χ1v) is 14.6. The number of pyridine rings is 1. The minimum absolute atomic E-state index is 0.123. The summed E-state index contributed by atoms with van der Waals surface area (Å²) in [4.78, 5) is 15.6. The maximum absolute atomic E-state index is 13.6. The molecule has 0 N–H and O–H groups in total. The summed E-state index contributed by atoms with van der Waals surface area (Å²) in [5.41, 5.74) is 3.49. The lowest BCUT2D eigenvalue weighted by Crippen LogP contribution is -2.49. The number of hydrogen-bond donors (Lipinski definition) is 0. The molecule has 1 aromatic carbocycles. The van der Waals surface area contributed by atoms with Gasteiger partial charge in [0.25, 0.3) is 0 Å². The number of sulfonamides is 1. The van der Waals surface area contributed by atoms with Gasteiger partial charge in [0.2, 0.25) is 15.8 Å². The second-order valence-corrected chi connectivity index (χ2v) is 12.0. The van der Waals surface area contributed by atoms with Gasteiger partial charge >= 0.3 is 5.56 Å². The van der Waals surface area contributed by atoms with Crippen LogP contribution in [0.15, 0.2) is 59.7 Å². The van der Waals surface area contributed by atoms with Gasteiger partial charge in [0, 0.05) is 42.9 Å². The Kier molecular flexibility index (Phi) is 6.54. The van der Waals surface area contributed by atoms with Crippen molar-refractivity contribution in [2.45, 2.75) is 18.6 Å². The van der Waals surface area contributed by atoms with E-state index in [1.807, 2.05) is 17.0 Å². The Hall–Kier alpha value is -3.85. The quantitative estimate of drug-likeness (QED) is 0.349. The molecule has 3 aromatic heterocycles. The van der Waals surface area contributed by atoms with Crippen LogP contribution in [0.2, 0.25) is 5.02 Å². The summed E-state index contributed by atoms with van der Waals surface area (Å²) in [6.45, 7) is 1.61. The molecule has 0 spiro atoms. The molecular weight excluding hydrogens is 540 g/mol. The fourth-order valence-corrected chi connectivity index (χ4v) is 6.90. The third-order valence-corrected chi connectivity index (χ3v) is 9.24. The predicted molar refractivity (Wildman–Crippen MR) is 147 cm³/mol. The highest BCUT2D eigenvalue weighted by Gasteiger charge is 2.30. The molecule has 12 heteroatoms. The number of nitrogens with zero attached hydrogens (tertiary/aromatic N) is 6. The summed E-state index contributed by atoms with van der Waals surface area (Å²) in [5, 5.41) is 14.5. The average Bonchev–Trinajstić information content (AvgIpc) is 3.28. The van der Waals surface area contributed by atoms with Crippen molar-refractivity contribution < 1.29 is 13.2 Å². The van der Waals surface area contributed by atoms with Crippen LogP contribution in [-0.4, -0.2) is 59.7 Å². The molecule has 4 aromatic rings. The molecule has 6 heterocycles. The number of benzene rings is 1. The SMILES string of the molecule is N#Cc1cc2c3cc(ccn13)CS(=O)(=O)N1CCN(CC1)c1cnn(-c3cccc(Cl)c3)c(=O)c1OCCC2. The van der Waals surface area contributed by atoms with Crippen molar-refractivity contribution in [3.63, 3.8) is 0 Å². The molecule has 0 atom stereocenters. The molecule has 200 valence electrons. The first-order chi connectivity index (χ1) is 18.8. The molecule has 0 amide bonds. The van der Waals surface area contributed by atoms with Crippen molar-refractivity contribution in [1.29, 1.82) is 5.26 Å². The van der Waals surface area contributed by atoms with Gasteiger partial charge in [-0.3, -0.25) is 4.79 Å². The maximum atomic E-state index is 13.6. The lowest BCUT2D eigenvalue weighted by Gasteiger charge is -2.35. The Balaban J connectivity index is 1.42. The number of aryl methyl sites for hydroxylation is 1. The van der Waals surface area contributed by atoms with Gasteiger partial charge in [0.05, 0.1) is 24.2 Å². The number of hydrogen-bond acceptors (Lipinski definition) is 7. The highest BCUT2D eigenvalue weighted by molar-refractivity contribution is 7.88. The van der Waals surface area contributed by atoms with E-state index in [1.165, 1.54) is 8.99 Å². The van der Waals surface area contributed by atoms with Gasteiger partial charge in [-0.2, -0.15) is 19.3 Å². The van der Waals surface area contributed by atoms with Crippen molar-refractivity contribution >= 4 is 32.8 Å². The summed E-state index contributed by atoms with van der Waals surface area (Å²) >= 11 is 6.15. The molecule has 7 rings (SSSR count). The zero-order valence-electron chi connectivity index (χ0n) is 21.0. The number of piperazine rings is 1. The van der Waals surface area contributed by atoms with Crippen LogP contribution >= 0.6 is 11.6 Å². The monoisotopic (exact) mass is 564 g/mol. The number of anilines is 1. The van der Waals surface area contributed by atoms with Gasteiger partial charge in [-0.15, -0.1) is 0 Å². The predicted octanol–water partition coefficient (Wildman–Crippen LogP) is 2.99. The van der Waals surface area contributed by atoms with Gasteiger partial charge in [0.15, 0.2) is 0 Å². The van der Waals surface area contributed by atoms with Crippen LogP contribution in [0.5, 0.6) is 5.75 Å². The summed E-state index contributed by atoms with van der Waals surface area (Å²) in [7, 11) is -3.58. The van der Waals surface area contributed by atoms with Crippen molar-refractivity contribution in [2.24, 2.45) is 0 Å². The lowest BCUT2D eigenvalue weighted by molar-refractivity contribution is 0.303. The Morgan fingerprint density at radius 2 is 1.90 bits per heavy atom. The van der Waals surface area contributed by atoms with Crippen LogP contribution in [0.3, 0.4) is 0 Å². The minimum atomic E-state index is -3.58. The van der Waals surface area contributed by atoms with E-state index in [4.69, 9.17) is 16.3 Å². The highest BCUT2D eigenvalue weighted by Crippen LogP contribution is 2.28. The molecule has 39 heavy (non-hydrogen) atoms. The summed E-state index contributed by atoms with van der Waals surface area (Å²) in [6.07, 6.45) is 4.51. The van der Waals surface area contributed by atoms with E-state index in [9.17, 15) is 18.5 Å². The third kappa shape index (κ3) is 4.76. The van der Waals surface area contributed by atoms with E-state index in [0.717, 1.165) is 11.1 Å². The largest absolute Gasteiger partial charge is 0.486 e. The van der Waals surface area contributed by atoms with Crippen molar-refractivity contribution in [1.82, 2.24) is 18.5 Å². The zero-order valence-corrected chi connectivity index (χ0v) is 22.5. The minimum Gasteiger partial charge on any atom is -0.486 e. The van der Waals surface area contributed by atoms with E-state index < -0.39 is 15.6 Å². The standard InChI is InChI=1S/C27H25ClN6O4S/c28-21-4-1-5-22(15-21)34-27(35)26-25(17-30-34)31-8-10-32(11-9-31)39(36,37)18-19-6-7-33-23(16-29)14-20(24(33)13-19)3-2-12-38-26/h1,4-7,13-15,17H,2-3,8-12,18H2. The molecule has 10 nitrogen and oxygen atoms in total. The normalized spacial score (nSPS) is 17.6. The Morgan fingerprint density at radius 3 is 2.67 bits per heavy atom. The first kappa shape index (κ1) is 25.4. The Labute approximate surface area is 230 Å². The zero-order chi connectivity index (χ0) is 27.1. The number of aromatic nitrogens is 3. The van der Waals surface area contributed by atoms with Crippen molar-refractivity contribution in [2.75, 3.05) is 37.7 Å². The highest BCUT2D eigenvalue weighted by atomic mass is 35.5. The fraction of sp³-hybridized carbons (Fsp3) is 0.296. The van der Waals surface area contributed by atoms with Crippen molar-refractivity contribution in [3.05, 3.63) is 87.1 Å². The molecule has 0 aliphatic carbocycles. The number of nitriles is 1. The summed E-state index contributed by atoms with van der Waals surface area (Å²) < 4.78 is 37.3. The van der Waals surface area contributed by atoms with Crippen molar-refractivity contribution in [3.8, 4) is 17.5 Å². The molecule has 0 unspecified atom stereocenters. The summed E-state index contributed by atoms with van der Waals surface area (Å²) in [6, 6.07) is 14.5. The average molecular weight is 565 g/mol. The van der Waals surface area contributed by atoms with Crippen LogP contribution in [0.25, 0.3) is 11.2 Å². The second kappa shape index (κ2) is 10.0. The molecule has 3 aliphatic heterocycles. The number of fused-ring (bicyclic) bond motifs is 6. The van der Waals surface area contributed by atoms with Gasteiger partial charge < -0.3 is 14.0 Å². The third-order valence-electron chi connectivity index (χ3n) is 7.16. The molecule has 1 saturated heterocycles. The second-order valence-electron chi connectivity index (χ2n) is 9.61. The topological polar surface area (TPSA) is 113 Å². The Morgan fingerprint density at radius 1 is 1.08 bits per heavy atom. The Bertz CT molecular complexity index is 1780. The van der Waals surface area contributed by atoms with E-state index in [2.05, 4.69) is 11.2 Å². The lowest BCUT2D eigenvalue weighted by atomic mass is 10.1. The van der Waals surface area contributed by atoms with Crippen LogP contribution < -0.4 is 15.2 Å². The molecule has 0 saturated carbocycles. The summed E-state index contributed by atoms with van der Waals surface area (Å²) in [5.74, 6) is 0.0387. The van der Waals surface area contributed by atoms with E-state index >= 15 is 0 Å². The molecule has 1 fully saturated rings. The number of ether oxygens (including phenoxy) is 1. The van der Waals surface area contributed by atoms with Gasteiger partial charge in [0.1, 0.15) is 17.5 Å².